The van der Waals surface area contributed by atoms with E-state index >= 15 is 0 Å². The molecule has 13 rings (SSSR count). The van der Waals surface area contributed by atoms with E-state index in [-0.39, 0.29) is 10.8 Å². The Bertz CT molecular complexity index is 2350. The van der Waals surface area contributed by atoms with Crippen LogP contribution in [-0.4, -0.2) is 0 Å². The lowest BCUT2D eigenvalue weighted by Gasteiger charge is -2.61. The average molecular weight is 672 g/mol. The molecule has 6 aromatic carbocycles. The maximum absolute atomic E-state index is 2.58. The first kappa shape index (κ1) is 29.7. The number of anilines is 3. The van der Waals surface area contributed by atoms with Crippen LogP contribution in [0.3, 0.4) is 0 Å². The van der Waals surface area contributed by atoms with Crippen molar-refractivity contribution in [1.82, 2.24) is 0 Å². The molecular weight excluding hydrogens is 627 g/mol. The zero-order valence-corrected chi connectivity index (χ0v) is 29.9. The van der Waals surface area contributed by atoms with Gasteiger partial charge in [-0.2, -0.15) is 0 Å². The molecule has 7 aliphatic rings. The molecular formula is C51H45N. The van der Waals surface area contributed by atoms with Crippen molar-refractivity contribution in [2.75, 3.05) is 4.90 Å². The van der Waals surface area contributed by atoms with Gasteiger partial charge in [-0.25, -0.2) is 0 Å². The smallest absolute Gasteiger partial charge is 0.0468 e. The minimum absolute atomic E-state index is 0.132. The molecule has 0 heterocycles. The van der Waals surface area contributed by atoms with Gasteiger partial charge in [-0.1, -0.05) is 116 Å². The minimum atomic E-state index is 0.132. The van der Waals surface area contributed by atoms with Gasteiger partial charge in [0.1, 0.15) is 0 Å². The Balaban J connectivity index is 1.04. The molecule has 0 aromatic heterocycles. The zero-order valence-electron chi connectivity index (χ0n) is 29.9. The highest BCUT2D eigenvalue weighted by Gasteiger charge is 2.61. The summed E-state index contributed by atoms with van der Waals surface area (Å²) in [6, 6.07) is 54.0. The van der Waals surface area contributed by atoms with Crippen LogP contribution in [0.2, 0.25) is 0 Å². The van der Waals surface area contributed by atoms with Crippen LogP contribution in [0.4, 0.5) is 17.1 Å². The fourth-order valence-corrected chi connectivity index (χ4v) is 13.3. The summed E-state index contributed by atoms with van der Waals surface area (Å²) >= 11 is 0. The first-order valence-electron chi connectivity index (χ1n) is 20.2. The topological polar surface area (TPSA) is 3.24 Å². The molecule has 0 amide bonds. The molecule has 0 saturated heterocycles. The highest BCUT2D eigenvalue weighted by molar-refractivity contribution is 5.90. The van der Waals surface area contributed by atoms with Crippen LogP contribution >= 0.6 is 0 Å². The molecule has 0 radical (unpaired) electrons. The lowest BCUT2D eigenvalue weighted by Crippen LogP contribution is -2.55. The molecule has 52 heavy (non-hydrogen) atoms. The normalized spacial score (nSPS) is 26.4. The molecule has 6 aromatic rings. The van der Waals surface area contributed by atoms with Gasteiger partial charge in [0.05, 0.1) is 0 Å². The molecule has 0 N–H and O–H groups in total. The minimum Gasteiger partial charge on any atom is -0.310 e. The Kier molecular flexibility index (Phi) is 6.18. The molecule has 5 fully saturated rings. The van der Waals surface area contributed by atoms with Crippen LogP contribution in [0.1, 0.15) is 80.0 Å². The highest BCUT2D eigenvalue weighted by Crippen LogP contribution is 2.69. The van der Waals surface area contributed by atoms with E-state index < -0.39 is 0 Å². The van der Waals surface area contributed by atoms with Gasteiger partial charge >= 0.3 is 0 Å². The SMILES string of the molecule is c1ccc(-c2ccc(N(c3ccc4c(c3)-c3ccccc3C43C4CC5CC(C4)CC3C5)c3ccc4c(c3)C3(CCCC3)c3ccccc3-4)cc2)cc1. The Morgan fingerprint density at radius 3 is 1.67 bits per heavy atom. The average Bonchev–Trinajstić information content (AvgIpc) is 3.88. The van der Waals surface area contributed by atoms with Gasteiger partial charge in [0.2, 0.25) is 0 Å². The summed E-state index contributed by atoms with van der Waals surface area (Å²) in [5.74, 6) is 3.46. The third-order valence-corrected chi connectivity index (χ3v) is 15.0. The number of rotatable bonds is 4. The molecule has 5 saturated carbocycles. The fourth-order valence-electron chi connectivity index (χ4n) is 13.3. The van der Waals surface area contributed by atoms with E-state index in [0.29, 0.717) is 0 Å². The maximum Gasteiger partial charge on any atom is 0.0468 e. The second-order valence-corrected chi connectivity index (χ2v) is 17.3. The molecule has 0 atom stereocenters. The van der Waals surface area contributed by atoms with Crippen LogP contribution in [0.25, 0.3) is 33.4 Å². The van der Waals surface area contributed by atoms with Gasteiger partial charge in [-0.15, -0.1) is 0 Å². The summed E-state index contributed by atoms with van der Waals surface area (Å²) in [7, 11) is 0. The number of hydrogen-bond acceptors (Lipinski definition) is 1. The van der Waals surface area contributed by atoms with E-state index in [0.717, 1.165) is 23.7 Å². The Morgan fingerprint density at radius 1 is 0.404 bits per heavy atom. The number of hydrogen-bond donors (Lipinski definition) is 0. The van der Waals surface area contributed by atoms with Gasteiger partial charge < -0.3 is 4.90 Å². The molecule has 7 aliphatic carbocycles. The van der Waals surface area contributed by atoms with Crippen molar-refractivity contribution in [2.45, 2.75) is 68.6 Å². The number of nitrogens with zero attached hydrogens (tertiary/aromatic N) is 1. The Morgan fingerprint density at radius 2 is 0.942 bits per heavy atom. The largest absolute Gasteiger partial charge is 0.310 e. The van der Waals surface area contributed by atoms with Crippen molar-refractivity contribution in [3.8, 4) is 33.4 Å². The third kappa shape index (κ3) is 3.90. The van der Waals surface area contributed by atoms with Crippen LogP contribution in [0, 0.1) is 23.7 Å². The van der Waals surface area contributed by atoms with Gasteiger partial charge in [0.25, 0.3) is 0 Å². The predicted molar refractivity (Wildman–Crippen MR) is 215 cm³/mol. The van der Waals surface area contributed by atoms with Crippen LogP contribution < -0.4 is 4.90 Å². The predicted octanol–water partition coefficient (Wildman–Crippen LogP) is 13.4. The summed E-state index contributed by atoms with van der Waals surface area (Å²) in [6.07, 6.45) is 12.3. The van der Waals surface area contributed by atoms with Crippen molar-refractivity contribution >= 4 is 17.1 Å². The van der Waals surface area contributed by atoms with E-state index in [1.165, 1.54) is 114 Å². The van der Waals surface area contributed by atoms with Crippen LogP contribution in [0.15, 0.2) is 140 Å². The van der Waals surface area contributed by atoms with Crippen molar-refractivity contribution < 1.29 is 0 Å². The molecule has 4 bridgehead atoms. The monoisotopic (exact) mass is 671 g/mol. The molecule has 0 aliphatic heterocycles. The van der Waals surface area contributed by atoms with Gasteiger partial charge in [-0.05, 0) is 161 Å². The van der Waals surface area contributed by atoms with E-state index in [1.807, 2.05) is 0 Å². The molecule has 1 heteroatoms. The van der Waals surface area contributed by atoms with Crippen molar-refractivity contribution in [3.05, 3.63) is 162 Å². The third-order valence-electron chi connectivity index (χ3n) is 15.0. The molecule has 0 unspecified atom stereocenters. The zero-order chi connectivity index (χ0) is 34.0. The molecule has 1 nitrogen and oxygen atoms in total. The second kappa shape index (κ2) is 10.8. The molecule has 254 valence electrons. The summed E-state index contributed by atoms with van der Waals surface area (Å²) in [5, 5.41) is 0. The summed E-state index contributed by atoms with van der Waals surface area (Å²) in [4.78, 5) is 2.56. The lowest BCUT2D eigenvalue weighted by molar-refractivity contribution is -0.0399. The van der Waals surface area contributed by atoms with Crippen molar-refractivity contribution in [3.63, 3.8) is 0 Å². The van der Waals surface area contributed by atoms with Crippen LogP contribution in [0.5, 0.6) is 0 Å². The van der Waals surface area contributed by atoms with E-state index in [1.54, 1.807) is 16.7 Å². The second-order valence-electron chi connectivity index (χ2n) is 17.3. The van der Waals surface area contributed by atoms with E-state index in [4.69, 9.17) is 0 Å². The summed E-state index contributed by atoms with van der Waals surface area (Å²) in [5.41, 5.74) is 18.8. The highest BCUT2D eigenvalue weighted by atomic mass is 15.1. The maximum atomic E-state index is 2.58. The Hall–Kier alpha value is -4.88. The summed E-state index contributed by atoms with van der Waals surface area (Å²) in [6.45, 7) is 0. The summed E-state index contributed by atoms with van der Waals surface area (Å²) < 4.78 is 0. The van der Waals surface area contributed by atoms with E-state index in [9.17, 15) is 0 Å². The first-order chi connectivity index (χ1) is 25.7. The van der Waals surface area contributed by atoms with Gasteiger partial charge in [-0.3, -0.25) is 0 Å². The van der Waals surface area contributed by atoms with Crippen molar-refractivity contribution in [2.24, 2.45) is 23.7 Å². The molecule has 2 spiro atoms. The lowest BCUT2D eigenvalue weighted by atomic mass is 9.43. The Labute approximate surface area is 308 Å². The number of fused-ring (bicyclic) bond motifs is 8. The standard InChI is InChI=1S/C51H45N/c1-2-10-35(11-3-1)36-16-18-39(19-17-36)52(41-20-22-44-42-12-4-6-14-46(42)50(49(44)32-41)24-8-9-25-50)40-21-23-48-45(31-40)43-13-5-7-15-47(43)51(48)37-27-33-26-34(29-37)30-38(51)28-33/h1-7,10-23,31-34,37-38H,8-9,24-30H2. The first-order valence-corrected chi connectivity index (χ1v) is 20.2. The van der Waals surface area contributed by atoms with Gasteiger partial charge in [0.15, 0.2) is 0 Å². The van der Waals surface area contributed by atoms with Gasteiger partial charge in [0, 0.05) is 27.9 Å². The quantitative estimate of drug-likeness (QED) is 0.180. The number of benzene rings is 6. The van der Waals surface area contributed by atoms with Crippen molar-refractivity contribution in [1.29, 1.82) is 0 Å². The van der Waals surface area contributed by atoms with Crippen LogP contribution in [-0.2, 0) is 10.8 Å². The fraction of sp³-hybridized carbons (Fsp3) is 0.294. The van der Waals surface area contributed by atoms with E-state index in [2.05, 4.69) is 144 Å².